The fourth-order valence-corrected chi connectivity index (χ4v) is 3.71. The number of rotatable bonds is 6. The van der Waals surface area contributed by atoms with E-state index >= 15 is 0 Å². The molecule has 0 aliphatic rings. The molecule has 0 saturated heterocycles. The molecule has 4 N–H and O–H groups in total. The molecule has 0 aromatic heterocycles. The monoisotopic (exact) mass is 401 g/mol. The van der Waals surface area contributed by atoms with Crippen LogP contribution in [0.2, 0.25) is 10.0 Å². The van der Waals surface area contributed by atoms with E-state index < -0.39 is 21.8 Å². The van der Waals surface area contributed by atoms with E-state index in [1.54, 1.807) is 12.1 Å². The number of hydrogen-bond acceptors (Lipinski definition) is 4. The first-order chi connectivity index (χ1) is 11.7. The maximum atomic E-state index is 12.6. The highest BCUT2D eigenvalue weighted by atomic mass is 35.5. The van der Waals surface area contributed by atoms with Gasteiger partial charge in [0.15, 0.2) is 0 Å². The van der Waals surface area contributed by atoms with E-state index in [0.717, 1.165) is 6.07 Å². The Labute approximate surface area is 154 Å². The summed E-state index contributed by atoms with van der Waals surface area (Å²) in [6, 6.07) is 9.95. The van der Waals surface area contributed by atoms with E-state index in [4.69, 9.17) is 28.9 Å². The van der Waals surface area contributed by atoms with Gasteiger partial charge in [0.25, 0.3) is 15.9 Å². The molecule has 0 radical (unpaired) electrons. The van der Waals surface area contributed by atoms with Gasteiger partial charge in [-0.1, -0.05) is 35.3 Å². The number of carbonyl (C=O) groups excluding carboxylic acids is 2. The molecule has 0 atom stereocenters. The molecule has 7 nitrogen and oxygen atoms in total. The van der Waals surface area contributed by atoms with Crippen LogP contribution in [0.25, 0.3) is 0 Å². The number of amides is 2. The number of benzene rings is 2. The van der Waals surface area contributed by atoms with Gasteiger partial charge in [0.1, 0.15) is 4.90 Å². The summed E-state index contributed by atoms with van der Waals surface area (Å²) in [6.45, 7) is -0.374. The van der Waals surface area contributed by atoms with E-state index in [0.29, 0.717) is 0 Å². The van der Waals surface area contributed by atoms with Gasteiger partial charge in [-0.05, 0) is 30.3 Å². The Morgan fingerprint density at radius 3 is 2.36 bits per heavy atom. The average Bonchev–Trinajstić information content (AvgIpc) is 2.54. The van der Waals surface area contributed by atoms with Crippen LogP contribution < -0.4 is 15.8 Å². The van der Waals surface area contributed by atoms with Crippen molar-refractivity contribution in [3.8, 4) is 0 Å². The SMILES string of the molecule is NC(=O)CNC(=O)c1ccc(Cl)c(S(=O)(=O)Nc2ccccc2Cl)c1. The van der Waals surface area contributed by atoms with Crippen molar-refractivity contribution in [2.45, 2.75) is 4.90 Å². The number of halogens is 2. The summed E-state index contributed by atoms with van der Waals surface area (Å²) in [5.74, 6) is -1.39. The van der Waals surface area contributed by atoms with Crippen molar-refractivity contribution in [3.63, 3.8) is 0 Å². The van der Waals surface area contributed by atoms with Gasteiger partial charge in [0.2, 0.25) is 5.91 Å². The largest absolute Gasteiger partial charge is 0.368 e. The highest BCUT2D eigenvalue weighted by Gasteiger charge is 2.21. The molecule has 2 amide bonds. The molecule has 0 heterocycles. The van der Waals surface area contributed by atoms with Crippen molar-refractivity contribution in [1.29, 1.82) is 0 Å². The van der Waals surface area contributed by atoms with Gasteiger partial charge in [-0.2, -0.15) is 0 Å². The zero-order valence-corrected chi connectivity index (χ0v) is 15.0. The van der Waals surface area contributed by atoms with Crippen LogP contribution in [0.4, 0.5) is 5.69 Å². The fourth-order valence-electron chi connectivity index (χ4n) is 1.86. The highest BCUT2D eigenvalue weighted by Crippen LogP contribution is 2.28. The number of anilines is 1. The smallest absolute Gasteiger partial charge is 0.263 e. The molecule has 2 aromatic rings. The van der Waals surface area contributed by atoms with E-state index in [1.165, 1.54) is 24.3 Å². The third-order valence-electron chi connectivity index (χ3n) is 3.02. The number of carbonyl (C=O) groups is 2. The molecule has 132 valence electrons. The molecule has 25 heavy (non-hydrogen) atoms. The molecule has 0 spiro atoms. The topological polar surface area (TPSA) is 118 Å². The Kier molecular flexibility index (Phi) is 5.89. The first-order valence-corrected chi connectivity index (χ1v) is 9.08. The maximum Gasteiger partial charge on any atom is 0.263 e. The van der Waals surface area contributed by atoms with Crippen molar-refractivity contribution in [2.75, 3.05) is 11.3 Å². The Morgan fingerprint density at radius 2 is 1.72 bits per heavy atom. The fraction of sp³-hybridized carbons (Fsp3) is 0.0667. The van der Waals surface area contributed by atoms with Crippen LogP contribution in [0.5, 0.6) is 0 Å². The predicted octanol–water partition coefficient (Wildman–Crippen LogP) is 2.01. The van der Waals surface area contributed by atoms with Gasteiger partial charge >= 0.3 is 0 Å². The molecule has 0 fully saturated rings. The second kappa shape index (κ2) is 7.73. The third kappa shape index (κ3) is 4.85. The van der Waals surface area contributed by atoms with Gasteiger partial charge in [-0.15, -0.1) is 0 Å². The van der Waals surface area contributed by atoms with Gasteiger partial charge in [0, 0.05) is 5.56 Å². The molecule has 0 unspecified atom stereocenters. The molecule has 0 aliphatic carbocycles. The van der Waals surface area contributed by atoms with Crippen LogP contribution in [0, 0.1) is 0 Å². The predicted molar refractivity (Wildman–Crippen MR) is 95.2 cm³/mol. The van der Waals surface area contributed by atoms with E-state index in [2.05, 4.69) is 10.0 Å². The summed E-state index contributed by atoms with van der Waals surface area (Å²) in [5, 5.41) is 2.39. The summed E-state index contributed by atoms with van der Waals surface area (Å²) >= 11 is 11.9. The van der Waals surface area contributed by atoms with Gasteiger partial charge in [-0.3, -0.25) is 14.3 Å². The van der Waals surface area contributed by atoms with Crippen molar-refractivity contribution >= 4 is 50.7 Å². The van der Waals surface area contributed by atoms with Crippen LogP contribution in [0.3, 0.4) is 0 Å². The molecule has 0 bridgehead atoms. The Balaban J connectivity index is 2.34. The van der Waals surface area contributed by atoms with Crippen LogP contribution in [-0.2, 0) is 14.8 Å². The lowest BCUT2D eigenvalue weighted by Crippen LogP contribution is -2.33. The molecular weight excluding hydrogens is 389 g/mol. The normalized spacial score (nSPS) is 11.0. The van der Waals surface area contributed by atoms with Gasteiger partial charge < -0.3 is 11.1 Å². The molecule has 2 aromatic carbocycles. The first kappa shape index (κ1) is 19.0. The molecule has 0 saturated carbocycles. The summed E-state index contributed by atoms with van der Waals surface area (Å²) in [7, 11) is -4.09. The van der Waals surface area contributed by atoms with Crippen LogP contribution in [-0.4, -0.2) is 26.8 Å². The summed E-state index contributed by atoms with van der Waals surface area (Å²) in [4.78, 5) is 22.4. The summed E-state index contributed by atoms with van der Waals surface area (Å²) < 4.78 is 27.4. The number of nitrogens with two attached hydrogens (primary N) is 1. The van der Waals surface area contributed by atoms with Gasteiger partial charge in [0.05, 0.1) is 22.3 Å². The number of nitrogens with one attached hydrogen (secondary N) is 2. The number of hydrogen-bond donors (Lipinski definition) is 3. The molecule has 0 aliphatic heterocycles. The van der Waals surface area contributed by atoms with E-state index in [1.807, 2.05) is 0 Å². The Morgan fingerprint density at radius 1 is 1.04 bits per heavy atom. The Hall–Kier alpha value is -2.29. The van der Waals surface area contributed by atoms with Crippen LogP contribution in [0.1, 0.15) is 10.4 Å². The van der Waals surface area contributed by atoms with Gasteiger partial charge in [-0.25, -0.2) is 8.42 Å². The lowest BCUT2D eigenvalue weighted by molar-refractivity contribution is -0.117. The number of primary amides is 1. The summed E-state index contributed by atoms with van der Waals surface area (Å²) in [5.41, 5.74) is 5.12. The lowest BCUT2D eigenvalue weighted by atomic mass is 10.2. The Bertz CT molecular complexity index is 932. The number of para-hydroxylation sites is 1. The second-order valence-electron chi connectivity index (χ2n) is 4.88. The molecular formula is C15H13Cl2N3O4S. The number of sulfonamides is 1. The zero-order chi connectivity index (χ0) is 18.6. The lowest BCUT2D eigenvalue weighted by Gasteiger charge is -2.12. The van der Waals surface area contributed by atoms with Crippen molar-refractivity contribution in [3.05, 3.63) is 58.1 Å². The minimum Gasteiger partial charge on any atom is -0.368 e. The van der Waals surface area contributed by atoms with E-state index in [-0.39, 0.29) is 32.7 Å². The van der Waals surface area contributed by atoms with Crippen molar-refractivity contribution < 1.29 is 18.0 Å². The van der Waals surface area contributed by atoms with E-state index in [9.17, 15) is 18.0 Å². The quantitative estimate of drug-likeness (QED) is 0.685. The molecule has 2 rings (SSSR count). The minimum atomic E-state index is -4.09. The van der Waals surface area contributed by atoms with Crippen molar-refractivity contribution in [2.24, 2.45) is 5.73 Å². The maximum absolute atomic E-state index is 12.6. The minimum absolute atomic E-state index is 0.00480. The van der Waals surface area contributed by atoms with Crippen molar-refractivity contribution in [1.82, 2.24) is 5.32 Å². The standard InChI is InChI=1S/C15H13Cl2N3O4S/c16-10-3-1-2-4-12(10)20-25(23,24)13-7-9(5-6-11(13)17)15(22)19-8-14(18)21/h1-7,20H,8H2,(H2,18,21)(H,19,22). The second-order valence-corrected chi connectivity index (χ2v) is 7.34. The zero-order valence-electron chi connectivity index (χ0n) is 12.6. The van der Waals surface area contributed by atoms with Crippen LogP contribution >= 0.6 is 23.2 Å². The summed E-state index contributed by atoms with van der Waals surface area (Å²) in [6.07, 6.45) is 0. The highest BCUT2D eigenvalue weighted by molar-refractivity contribution is 7.92. The first-order valence-electron chi connectivity index (χ1n) is 6.84. The molecule has 10 heteroatoms. The van der Waals surface area contributed by atoms with Crippen LogP contribution in [0.15, 0.2) is 47.4 Å². The average molecular weight is 402 g/mol. The third-order valence-corrected chi connectivity index (χ3v) is 5.20.